The summed E-state index contributed by atoms with van der Waals surface area (Å²) in [7, 11) is 0. The molecule has 1 heterocycles. The van der Waals surface area contributed by atoms with Crippen LogP contribution in [0.5, 0.6) is 5.75 Å². The molecule has 2 rings (SSSR count). The van der Waals surface area contributed by atoms with E-state index in [1.54, 1.807) is 30.5 Å². The summed E-state index contributed by atoms with van der Waals surface area (Å²) in [5.74, 6) is -0.951. The first-order valence-electron chi connectivity index (χ1n) is 6.76. The van der Waals surface area contributed by atoms with Crippen LogP contribution in [0.3, 0.4) is 0 Å². The Morgan fingerprint density at radius 3 is 2.82 bits per heavy atom. The third-order valence-electron chi connectivity index (χ3n) is 3.04. The molecule has 0 amide bonds. The average Bonchev–Trinajstić information content (AvgIpc) is 2.97. The van der Waals surface area contributed by atoms with Gasteiger partial charge in [0.2, 0.25) is 0 Å². The van der Waals surface area contributed by atoms with E-state index in [2.05, 4.69) is 15.3 Å². The Morgan fingerprint density at radius 1 is 1.41 bits per heavy atom. The lowest BCUT2D eigenvalue weighted by atomic mass is 10.1. The van der Waals surface area contributed by atoms with Gasteiger partial charge in [-0.3, -0.25) is 14.9 Å². The Morgan fingerprint density at radius 2 is 2.18 bits per heavy atom. The average molecular weight is 303 g/mol. The van der Waals surface area contributed by atoms with Crippen molar-refractivity contribution in [2.75, 3.05) is 0 Å². The molecule has 0 aliphatic heterocycles. The van der Waals surface area contributed by atoms with E-state index < -0.39 is 18.0 Å². The fourth-order valence-corrected chi connectivity index (χ4v) is 2.00. The number of carbonyl (C=O) groups excluding carboxylic acids is 1. The lowest BCUT2D eigenvalue weighted by Crippen LogP contribution is -2.38. The molecule has 1 unspecified atom stereocenters. The van der Waals surface area contributed by atoms with Gasteiger partial charge < -0.3 is 14.8 Å². The third kappa shape index (κ3) is 4.42. The number of aliphatic carboxylic acids is 1. The van der Waals surface area contributed by atoms with Gasteiger partial charge in [-0.05, 0) is 6.07 Å². The summed E-state index contributed by atoms with van der Waals surface area (Å²) in [4.78, 5) is 29.1. The van der Waals surface area contributed by atoms with Gasteiger partial charge in [-0.1, -0.05) is 18.2 Å². The molecule has 0 bridgehead atoms. The van der Waals surface area contributed by atoms with E-state index in [-0.39, 0.29) is 13.0 Å². The van der Waals surface area contributed by atoms with Crippen molar-refractivity contribution < 1.29 is 19.4 Å². The topological polar surface area (TPSA) is 104 Å². The molecule has 3 N–H and O–H groups in total. The molecule has 0 saturated carbocycles. The van der Waals surface area contributed by atoms with Gasteiger partial charge in [0, 0.05) is 37.3 Å². The highest BCUT2D eigenvalue weighted by Crippen LogP contribution is 2.18. The number of para-hydroxylation sites is 1. The number of carbonyl (C=O) groups is 2. The first-order chi connectivity index (χ1) is 10.6. The summed E-state index contributed by atoms with van der Waals surface area (Å²) in [6.07, 6.45) is 3.37. The van der Waals surface area contributed by atoms with E-state index >= 15 is 0 Å². The van der Waals surface area contributed by atoms with Gasteiger partial charge in [-0.2, -0.15) is 0 Å². The first kappa shape index (κ1) is 15.7. The van der Waals surface area contributed by atoms with Gasteiger partial charge in [-0.25, -0.2) is 4.98 Å². The molecule has 1 aromatic carbocycles. The molecule has 7 heteroatoms. The molecular weight excluding hydrogens is 286 g/mol. The molecule has 0 aliphatic carbocycles. The van der Waals surface area contributed by atoms with E-state index in [4.69, 9.17) is 4.74 Å². The van der Waals surface area contributed by atoms with E-state index in [0.717, 1.165) is 5.69 Å². The van der Waals surface area contributed by atoms with Crippen molar-refractivity contribution in [3.8, 4) is 5.75 Å². The number of aromatic amines is 1. The number of ether oxygens (including phenoxy) is 1. The molecular formula is C15H17N3O4. The van der Waals surface area contributed by atoms with Crippen molar-refractivity contribution in [2.24, 2.45) is 0 Å². The summed E-state index contributed by atoms with van der Waals surface area (Å²) < 4.78 is 5.10. The van der Waals surface area contributed by atoms with Crippen molar-refractivity contribution in [3.63, 3.8) is 0 Å². The van der Waals surface area contributed by atoms with Gasteiger partial charge in [0.15, 0.2) is 0 Å². The van der Waals surface area contributed by atoms with E-state index in [0.29, 0.717) is 11.3 Å². The van der Waals surface area contributed by atoms with Crippen LogP contribution in [0.25, 0.3) is 0 Å². The van der Waals surface area contributed by atoms with Crippen molar-refractivity contribution >= 4 is 11.9 Å². The van der Waals surface area contributed by atoms with E-state index in [1.807, 2.05) is 0 Å². The number of rotatable bonds is 7. The number of hydrogen-bond acceptors (Lipinski definition) is 5. The fraction of sp³-hybridized carbons (Fsp3) is 0.267. The second-order valence-corrected chi connectivity index (χ2v) is 4.75. The molecule has 1 aromatic heterocycles. The van der Waals surface area contributed by atoms with Crippen LogP contribution in [0.2, 0.25) is 0 Å². The minimum Gasteiger partial charge on any atom is -0.480 e. The number of nitrogens with one attached hydrogen (secondary N) is 2. The lowest BCUT2D eigenvalue weighted by Gasteiger charge is -2.15. The standard InChI is InChI=1S/C15H17N3O4/c1-10(19)22-14-5-3-2-4-11(14)7-17-13(15(20)21)6-12-8-16-9-18-12/h2-5,8-9,13,17H,6-7H2,1H3,(H,16,18)(H,20,21). The van der Waals surface area contributed by atoms with Gasteiger partial charge in [0.1, 0.15) is 11.8 Å². The van der Waals surface area contributed by atoms with Crippen LogP contribution in [-0.2, 0) is 22.6 Å². The highest BCUT2D eigenvalue weighted by atomic mass is 16.5. The number of imidazole rings is 1. The SMILES string of the molecule is CC(=O)Oc1ccccc1CNC(Cc1cnc[nH]1)C(=O)O. The van der Waals surface area contributed by atoms with E-state index in [9.17, 15) is 14.7 Å². The van der Waals surface area contributed by atoms with Crippen molar-refractivity contribution in [1.82, 2.24) is 15.3 Å². The lowest BCUT2D eigenvalue weighted by molar-refractivity contribution is -0.139. The molecule has 0 aliphatic rings. The maximum absolute atomic E-state index is 11.3. The summed E-state index contributed by atoms with van der Waals surface area (Å²) in [6.45, 7) is 1.59. The second-order valence-electron chi connectivity index (χ2n) is 4.75. The normalized spacial score (nSPS) is 11.9. The second kappa shape index (κ2) is 7.37. The summed E-state index contributed by atoms with van der Waals surface area (Å²) >= 11 is 0. The van der Waals surface area contributed by atoms with Crippen molar-refractivity contribution in [2.45, 2.75) is 25.9 Å². The minimum absolute atomic E-state index is 0.272. The van der Waals surface area contributed by atoms with Crippen LogP contribution in [0.1, 0.15) is 18.2 Å². The first-order valence-corrected chi connectivity index (χ1v) is 6.76. The zero-order chi connectivity index (χ0) is 15.9. The number of esters is 1. The van der Waals surface area contributed by atoms with Crippen molar-refractivity contribution in [3.05, 3.63) is 48.0 Å². The Labute approximate surface area is 127 Å². The number of carboxylic acids is 1. The molecule has 7 nitrogen and oxygen atoms in total. The third-order valence-corrected chi connectivity index (χ3v) is 3.04. The zero-order valence-electron chi connectivity index (χ0n) is 12.1. The zero-order valence-corrected chi connectivity index (χ0v) is 12.1. The number of H-pyrrole nitrogens is 1. The molecule has 0 spiro atoms. The number of carboxylic acid groups (broad SMARTS) is 1. The smallest absolute Gasteiger partial charge is 0.321 e. The van der Waals surface area contributed by atoms with Crippen LogP contribution >= 0.6 is 0 Å². The summed E-state index contributed by atoms with van der Waals surface area (Å²) in [5.41, 5.74) is 1.45. The highest BCUT2D eigenvalue weighted by Gasteiger charge is 2.18. The molecule has 116 valence electrons. The van der Waals surface area contributed by atoms with Gasteiger partial charge in [0.05, 0.1) is 6.33 Å². The Bertz CT molecular complexity index is 640. The fourth-order valence-electron chi connectivity index (χ4n) is 2.00. The number of benzene rings is 1. The maximum atomic E-state index is 11.3. The van der Waals surface area contributed by atoms with E-state index in [1.165, 1.54) is 13.3 Å². The summed E-state index contributed by atoms with van der Waals surface area (Å²) in [5, 5.41) is 12.2. The quantitative estimate of drug-likeness (QED) is 0.523. The van der Waals surface area contributed by atoms with Crippen LogP contribution in [0.15, 0.2) is 36.8 Å². The molecule has 0 saturated heterocycles. The monoisotopic (exact) mass is 303 g/mol. The Balaban J connectivity index is 2.03. The van der Waals surface area contributed by atoms with Crippen LogP contribution in [0.4, 0.5) is 0 Å². The highest BCUT2D eigenvalue weighted by molar-refractivity contribution is 5.74. The number of aromatic nitrogens is 2. The predicted octanol–water partition coefficient (Wildman–Crippen LogP) is 1.12. The largest absolute Gasteiger partial charge is 0.480 e. The minimum atomic E-state index is -0.959. The Hall–Kier alpha value is -2.67. The van der Waals surface area contributed by atoms with Crippen LogP contribution in [-0.4, -0.2) is 33.1 Å². The number of nitrogens with zero attached hydrogens (tertiary/aromatic N) is 1. The van der Waals surface area contributed by atoms with Gasteiger partial charge in [0.25, 0.3) is 0 Å². The number of hydrogen-bond donors (Lipinski definition) is 3. The van der Waals surface area contributed by atoms with Crippen LogP contribution in [0, 0.1) is 0 Å². The summed E-state index contributed by atoms with van der Waals surface area (Å²) in [6, 6.07) is 6.23. The Kier molecular flexibility index (Phi) is 5.26. The van der Waals surface area contributed by atoms with Crippen molar-refractivity contribution in [1.29, 1.82) is 0 Å². The van der Waals surface area contributed by atoms with Gasteiger partial charge >= 0.3 is 11.9 Å². The molecule has 0 radical (unpaired) electrons. The van der Waals surface area contributed by atoms with Gasteiger partial charge in [-0.15, -0.1) is 0 Å². The predicted molar refractivity (Wildman–Crippen MR) is 78.3 cm³/mol. The maximum Gasteiger partial charge on any atom is 0.321 e. The molecule has 22 heavy (non-hydrogen) atoms. The van der Waals surface area contributed by atoms with Crippen LogP contribution < -0.4 is 10.1 Å². The molecule has 1 atom stereocenters. The molecule has 0 fully saturated rings. The molecule has 2 aromatic rings.